The highest BCUT2D eigenvalue weighted by Gasteiger charge is 2.19. The fourth-order valence-corrected chi connectivity index (χ4v) is 5.16. The number of aromatic nitrogens is 3. The minimum absolute atomic E-state index is 0.130. The Morgan fingerprint density at radius 1 is 1.09 bits per heavy atom. The number of hydrogen-bond acceptors (Lipinski definition) is 5. The predicted molar refractivity (Wildman–Crippen MR) is 133 cm³/mol. The van der Waals surface area contributed by atoms with Crippen LogP contribution in [0.15, 0.2) is 53.7 Å². The topological polar surface area (TPSA) is 60.2 Å². The number of benzene rings is 2. The fourth-order valence-electron chi connectivity index (χ4n) is 4.03. The molecule has 0 saturated carbocycles. The Bertz CT molecular complexity index is 1080. The van der Waals surface area contributed by atoms with E-state index in [1.807, 2.05) is 47.4 Å². The summed E-state index contributed by atoms with van der Waals surface area (Å²) >= 11 is 8.05. The number of rotatable bonds is 9. The van der Waals surface area contributed by atoms with Crippen LogP contribution in [0.1, 0.15) is 41.6 Å². The first-order chi connectivity index (χ1) is 16.2. The van der Waals surface area contributed by atoms with Gasteiger partial charge in [0.2, 0.25) is 0 Å². The van der Waals surface area contributed by atoms with Crippen LogP contribution in [-0.2, 0) is 17.0 Å². The van der Waals surface area contributed by atoms with E-state index in [0.29, 0.717) is 17.4 Å². The van der Waals surface area contributed by atoms with Crippen molar-refractivity contribution in [1.82, 2.24) is 19.7 Å². The average molecular weight is 485 g/mol. The van der Waals surface area contributed by atoms with Crippen molar-refractivity contribution in [3.05, 3.63) is 64.7 Å². The number of halogens is 1. The Morgan fingerprint density at radius 3 is 2.70 bits per heavy atom. The molecule has 0 bridgehead atoms. The zero-order valence-corrected chi connectivity index (χ0v) is 20.4. The first kappa shape index (κ1) is 23.8. The molecule has 0 spiro atoms. The first-order valence-electron chi connectivity index (χ1n) is 11.4. The van der Waals surface area contributed by atoms with Gasteiger partial charge in [-0.1, -0.05) is 47.6 Å². The second-order valence-electron chi connectivity index (χ2n) is 8.13. The molecule has 2 aromatic carbocycles. The molecule has 174 valence electrons. The lowest BCUT2D eigenvalue weighted by atomic mass is 10.1. The third-order valence-electron chi connectivity index (χ3n) is 5.75. The summed E-state index contributed by atoms with van der Waals surface area (Å²) in [7, 11) is 1.70. The van der Waals surface area contributed by atoms with E-state index in [2.05, 4.69) is 20.8 Å². The molecule has 1 fully saturated rings. The summed E-state index contributed by atoms with van der Waals surface area (Å²) in [5.74, 6) is 1.59. The molecule has 1 aliphatic heterocycles. The number of nitrogens with zero attached hydrogens (tertiary/aromatic N) is 4. The molecule has 1 aromatic heterocycles. The van der Waals surface area contributed by atoms with Gasteiger partial charge in [0.25, 0.3) is 5.91 Å². The number of thioether (sulfide) groups is 1. The average Bonchev–Trinajstić information content (AvgIpc) is 3.26. The maximum absolute atomic E-state index is 12.9. The van der Waals surface area contributed by atoms with Crippen LogP contribution in [0.3, 0.4) is 0 Å². The van der Waals surface area contributed by atoms with Crippen LogP contribution in [0.2, 0.25) is 5.02 Å². The van der Waals surface area contributed by atoms with Crippen molar-refractivity contribution in [2.75, 3.05) is 26.8 Å². The van der Waals surface area contributed by atoms with Crippen LogP contribution < -0.4 is 0 Å². The molecule has 0 radical (unpaired) electrons. The number of likely N-dealkylation sites (tertiary alicyclic amines) is 1. The monoisotopic (exact) mass is 484 g/mol. The zero-order chi connectivity index (χ0) is 23.0. The Labute approximate surface area is 204 Å². The molecule has 0 aliphatic carbocycles. The molecule has 1 amide bonds. The summed E-state index contributed by atoms with van der Waals surface area (Å²) in [6.07, 6.45) is 4.24. The quantitative estimate of drug-likeness (QED) is 0.294. The molecule has 0 unspecified atom stereocenters. The van der Waals surface area contributed by atoms with Gasteiger partial charge in [-0.15, -0.1) is 10.2 Å². The molecule has 0 N–H and O–H groups in total. The van der Waals surface area contributed by atoms with Gasteiger partial charge in [0.05, 0.1) is 5.02 Å². The summed E-state index contributed by atoms with van der Waals surface area (Å²) in [5.41, 5.74) is 2.71. The standard InChI is InChI=1S/C25H29ClN4O2S/c1-32-16-8-15-30-23(21-11-3-4-12-22(21)26)27-28-25(30)33-18-19-9-7-10-20(17-19)24(31)29-13-5-2-6-14-29/h3-4,7,9-12,17H,2,5-6,8,13-16,18H2,1H3. The number of piperidine rings is 1. The summed E-state index contributed by atoms with van der Waals surface area (Å²) in [4.78, 5) is 14.9. The molecule has 0 atom stereocenters. The van der Waals surface area contributed by atoms with E-state index < -0.39 is 0 Å². The summed E-state index contributed by atoms with van der Waals surface area (Å²) in [6.45, 7) is 3.10. The molecule has 8 heteroatoms. The number of methoxy groups -OCH3 is 1. The summed E-state index contributed by atoms with van der Waals surface area (Å²) < 4.78 is 7.35. The van der Waals surface area contributed by atoms with Crippen molar-refractivity contribution >= 4 is 29.3 Å². The van der Waals surface area contributed by atoms with E-state index in [1.165, 1.54) is 6.42 Å². The summed E-state index contributed by atoms with van der Waals surface area (Å²) in [6, 6.07) is 15.6. The lowest BCUT2D eigenvalue weighted by Gasteiger charge is -2.26. The maximum Gasteiger partial charge on any atom is 0.253 e. The van der Waals surface area contributed by atoms with Crippen LogP contribution in [0.25, 0.3) is 11.4 Å². The lowest BCUT2D eigenvalue weighted by Crippen LogP contribution is -2.35. The van der Waals surface area contributed by atoms with Crippen LogP contribution in [0, 0.1) is 0 Å². The van der Waals surface area contributed by atoms with E-state index in [1.54, 1.807) is 18.9 Å². The smallest absolute Gasteiger partial charge is 0.253 e. The fraction of sp³-hybridized carbons (Fsp3) is 0.400. The Hall–Kier alpha value is -2.35. The van der Waals surface area contributed by atoms with Crippen molar-refractivity contribution in [1.29, 1.82) is 0 Å². The minimum atomic E-state index is 0.130. The SMILES string of the molecule is COCCCn1c(SCc2cccc(C(=O)N3CCCCC3)c2)nnc1-c1ccccc1Cl. The van der Waals surface area contributed by atoms with Crippen molar-refractivity contribution in [2.45, 2.75) is 43.1 Å². The van der Waals surface area contributed by atoms with Crippen LogP contribution in [0.4, 0.5) is 0 Å². The first-order valence-corrected chi connectivity index (χ1v) is 12.7. The molecule has 2 heterocycles. The van der Waals surface area contributed by atoms with Crippen molar-refractivity contribution in [3.8, 4) is 11.4 Å². The molecule has 6 nitrogen and oxygen atoms in total. The number of carbonyl (C=O) groups is 1. The van der Waals surface area contributed by atoms with Gasteiger partial charge in [0.15, 0.2) is 11.0 Å². The van der Waals surface area contributed by atoms with E-state index >= 15 is 0 Å². The highest BCUT2D eigenvalue weighted by atomic mass is 35.5. The van der Waals surface area contributed by atoms with E-state index in [0.717, 1.165) is 66.6 Å². The lowest BCUT2D eigenvalue weighted by molar-refractivity contribution is 0.0724. The highest BCUT2D eigenvalue weighted by Crippen LogP contribution is 2.31. The number of carbonyl (C=O) groups excluding carboxylic acids is 1. The van der Waals surface area contributed by atoms with Crippen molar-refractivity contribution in [3.63, 3.8) is 0 Å². The van der Waals surface area contributed by atoms with Crippen LogP contribution in [0.5, 0.6) is 0 Å². The van der Waals surface area contributed by atoms with Gasteiger partial charge in [-0.3, -0.25) is 4.79 Å². The van der Waals surface area contributed by atoms with Gasteiger partial charge in [0, 0.05) is 50.2 Å². The van der Waals surface area contributed by atoms with E-state index in [4.69, 9.17) is 16.3 Å². The van der Waals surface area contributed by atoms with Crippen LogP contribution in [-0.4, -0.2) is 52.4 Å². The van der Waals surface area contributed by atoms with Crippen LogP contribution >= 0.6 is 23.4 Å². The third-order valence-corrected chi connectivity index (χ3v) is 7.11. The molecule has 3 aromatic rings. The van der Waals surface area contributed by atoms with Gasteiger partial charge >= 0.3 is 0 Å². The number of ether oxygens (including phenoxy) is 1. The van der Waals surface area contributed by atoms with Crippen molar-refractivity contribution in [2.24, 2.45) is 0 Å². The van der Waals surface area contributed by atoms with E-state index in [-0.39, 0.29) is 5.91 Å². The Balaban J connectivity index is 1.51. The predicted octanol–water partition coefficient (Wildman–Crippen LogP) is 5.55. The molecule has 1 saturated heterocycles. The van der Waals surface area contributed by atoms with Gasteiger partial charge in [-0.25, -0.2) is 0 Å². The summed E-state index contributed by atoms with van der Waals surface area (Å²) in [5, 5.41) is 10.4. The van der Waals surface area contributed by atoms with Gasteiger partial charge < -0.3 is 14.2 Å². The second-order valence-corrected chi connectivity index (χ2v) is 9.48. The normalized spacial score (nSPS) is 13.9. The Morgan fingerprint density at radius 2 is 1.91 bits per heavy atom. The molecular formula is C25H29ClN4O2S. The molecule has 1 aliphatic rings. The highest BCUT2D eigenvalue weighted by molar-refractivity contribution is 7.98. The zero-order valence-electron chi connectivity index (χ0n) is 18.9. The largest absolute Gasteiger partial charge is 0.385 e. The maximum atomic E-state index is 12.9. The molecule has 33 heavy (non-hydrogen) atoms. The third kappa shape index (κ3) is 5.96. The van der Waals surface area contributed by atoms with Gasteiger partial charge in [-0.2, -0.15) is 0 Å². The second kappa shape index (κ2) is 11.7. The van der Waals surface area contributed by atoms with Gasteiger partial charge in [0.1, 0.15) is 0 Å². The molecular weight excluding hydrogens is 456 g/mol. The molecule has 4 rings (SSSR count). The number of amides is 1. The van der Waals surface area contributed by atoms with Crippen molar-refractivity contribution < 1.29 is 9.53 Å². The minimum Gasteiger partial charge on any atom is -0.385 e. The Kier molecular flexibility index (Phi) is 8.42. The van der Waals surface area contributed by atoms with Gasteiger partial charge in [-0.05, 0) is 55.5 Å². The number of hydrogen-bond donors (Lipinski definition) is 0. The van der Waals surface area contributed by atoms with E-state index in [9.17, 15) is 4.79 Å².